The van der Waals surface area contributed by atoms with E-state index in [9.17, 15) is 9.90 Å². The van der Waals surface area contributed by atoms with Crippen molar-refractivity contribution in [3.8, 4) is 11.6 Å². The van der Waals surface area contributed by atoms with Gasteiger partial charge < -0.3 is 5.11 Å². The first-order chi connectivity index (χ1) is 14.5. The third-order valence-corrected chi connectivity index (χ3v) is 6.21. The van der Waals surface area contributed by atoms with Crippen LogP contribution in [-0.2, 0) is 0 Å². The number of aromatic nitrogens is 1. The molecule has 5 nitrogen and oxygen atoms in total. The molecule has 1 N–H and O–H groups in total. The predicted molar refractivity (Wildman–Crippen MR) is 123 cm³/mol. The van der Waals surface area contributed by atoms with Crippen molar-refractivity contribution in [1.82, 2.24) is 9.47 Å². The molecule has 0 saturated carbocycles. The molecular weight excluding hydrogens is 374 g/mol. The Morgan fingerprint density at radius 2 is 1.80 bits per heavy atom. The van der Waals surface area contributed by atoms with E-state index >= 15 is 0 Å². The molecule has 1 fully saturated rings. The van der Waals surface area contributed by atoms with Gasteiger partial charge in [0, 0.05) is 23.0 Å². The van der Waals surface area contributed by atoms with E-state index in [1.807, 2.05) is 56.3 Å². The number of hydrogen-bond acceptors (Lipinski definition) is 4. The minimum Gasteiger partial charge on any atom is -0.494 e. The van der Waals surface area contributed by atoms with Crippen LogP contribution in [-0.4, -0.2) is 46.5 Å². The molecular formula is C25H29N3O2. The van der Waals surface area contributed by atoms with Crippen LogP contribution < -0.4 is 5.56 Å². The van der Waals surface area contributed by atoms with Crippen LogP contribution in [0.5, 0.6) is 5.88 Å². The fourth-order valence-electron chi connectivity index (χ4n) is 4.64. The second kappa shape index (κ2) is 8.44. The third kappa shape index (κ3) is 3.54. The summed E-state index contributed by atoms with van der Waals surface area (Å²) in [5, 5.41) is 12.5. The number of aryl methyl sites for hydroxylation is 2. The summed E-state index contributed by atoms with van der Waals surface area (Å²) in [5.74, 6) is -0.0568. The molecule has 4 rings (SSSR count). The maximum absolute atomic E-state index is 13.3. The summed E-state index contributed by atoms with van der Waals surface area (Å²) in [4.78, 5) is 20.5. The number of likely N-dealkylation sites (tertiary alicyclic amines) is 1. The summed E-state index contributed by atoms with van der Waals surface area (Å²) >= 11 is 0. The van der Waals surface area contributed by atoms with Gasteiger partial charge in [-0.3, -0.25) is 14.7 Å². The van der Waals surface area contributed by atoms with Crippen LogP contribution in [0.1, 0.15) is 36.5 Å². The summed E-state index contributed by atoms with van der Waals surface area (Å²) < 4.78 is 1.43. The van der Waals surface area contributed by atoms with Crippen molar-refractivity contribution in [2.24, 2.45) is 4.99 Å². The van der Waals surface area contributed by atoms with Crippen molar-refractivity contribution < 1.29 is 5.11 Å². The molecule has 0 bridgehead atoms. The number of fused-ring (bicyclic) bond motifs is 1. The number of nitrogens with zero attached hydrogens (tertiary/aromatic N) is 3. The number of aliphatic imine (C=N–C) groups is 1. The molecule has 156 valence electrons. The minimum absolute atomic E-state index is 0.0568. The molecule has 1 aliphatic heterocycles. The molecule has 1 atom stereocenters. The van der Waals surface area contributed by atoms with Gasteiger partial charge >= 0.3 is 0 Å². The van der Waals surface area contributed by atoms with Crippen molar-refractivity contribution in [3.63, 3.8) is 0 Å². The highest BCUT2D eigenvalue weighted by atomic mass is 16.3. The number of pyridine rings is 1. The van der Waals surface area contributed by atoms with Gasteiger partial charge in [0.25, 0.3) is 5.56 Å². The fourth-order valence-corrected chi connectivity index (χ4v) is 4.64. The number of para-hydroxylation sites is 1. The number of benzene rings is 2. The van der Waals surface area contributed by atoms with Crippen molar-refractivity contribution >= 4 is 17.0 Å². The Balaban J connectivity index is 1.85. The average molecular weight is 404 g/mol. The fraction of sp³-hybridized carbons (Fsp3) is 0.360. The molecule has 2 aromatic carbocycles. The Kier molecular flexibility index (Phi) is 5.73. The molecule has 0 spiro atoms. The van der Waals surface area contributed by atoms with E-state index in [-0.39, 0.29) is 11.4 Å². The van der Waals surface area contributed by atoms with Crippen molar-refractivity contribution in [3.05, 3.63) is 69.5 Å². The van der Waals surface area contributed by atoms with Gasteiger partial charge in [-0.15, -0.1) is 0 Å². The van der Waals surface area contributed by atoms with E-state index in [0.29, 0.717) is 23.5 Å². The number of hydrogen-bond donors (Lipinski definition) is 1. The van der Waals surface area contributed by atoms with Crippen molar-refractivity contribution in [2.45, 2.75) is 39.7 Å². The van der Waals surface area contributed by atoms with Crippen LogP contribution >= 0.6 is 0 Å². The number of rotatable bonds is 5. The summed E-state index contributed by atoms with van der Waals surface area (Å²) in [6.45, 7) is 8.95. The lowest BCUT2D eigenvalue weighted by Crippen LogP contribution is -2.31. The lowest BCUT2D eigenvalue weighted by molar-refractivity contribution is 0.273. The maximum atomic E-state index is 13.3. The van der Waals surface area contributed by atoms with E-state index in [1.165, 1.54) is 11.0 Å². The molecule has 3 aromatic rings. The molecule has 5 heteroatoms. The molecule has 1 saturated heterocycles. The Morgan fingerprint density at radius 1 is 1.10 bits per heavy atom. The topological polar surface area (TPSA) is 57.8 Å². The first-order valence-electron chi connectivity index (χ1n) is 10.7. The van der Waals surface area contributed by atoms with Gasteiger partial charge in [-0.05, 0) is 57.0 Å². The Labute approximate surface area is 177 Å². The van der Waals surface area contributed by atoms with Crippen LogP contribution in [0.4, 0.5) is 0 Å². The summed E-state index contributed by atoms with van der Waals surface area (Å²) in [7, 11) is 0. The lowest BCUT2D eigenvalue weighted by Gasteiger charge is -2.20. The molecule has 0 radical (unpaired) electrons. The van der Waals surface area contributed by atoms with E-state index in [2.05, 4.69) is 11.8 Å². The van der Waals surface area contributed by atoms with Gasteiger partial charge in [-0.25, -0.2) is 4.57 Å². The third-order valence-electron chi connectivity index (χ3n) is 6.21. The van der Waals surface area contributed by atoms with Crippen LogP contribution in [0, 0.1) is 13.8 Å². The second-order valence-corrected chi connectivity index (χ2v) is 8.08. The van der Waals surface area contributed by atoms with E-state index < -0.39 is 0 Å². The molecule has 1 aliphatic rings. The summed E-state index contributed by atoms with van der Waals surface area (Å²) in [5.41, 5.74) is 2.98. The van der Waals surface area contributed by atoms with E-state index in [4.69, 9.17) is 4.99 Å². The molecule has 2 heterocycles. The lowest BCUT2D eigenvalue weighted by atomic mass is 10.0. The van der Waals surface area contributed by atoms with E-state index in [1.54, 1.807) is 6.21 Å². The second-order valence-electron chi connectivity index (χ2n) is 8.08. The molecule has 1 aromatic heterocycles. The normalized spacial score (nSPS) is 17.4. The van der Waals surface area contributed by atoms with Crippen LogP contribution in [0.15, 0.2) is 52.3 Å². The standard InChI is InChI=1S/C25H29N3O2/c1-4-27-14-8-11-19(27)15-26-16-22-20-12-5-6-13-21(20)24(29)28(25(22)30)23-17(2)9-7-10-18(23)3/h5-7,9-10,12-13,16,19,30H,4,8,11,14-15H2,1-3H3/t19-/m0/s1. The minimum atomic E-state index is -0.217. The van der Waals surface area contributed by atoms with Gasteiger partial charge in [0.05, 0.1) is 17.8 Å². The number of likely N-dealkylation sites (N-methyl/N-ethyl adjacent to an activating group) is 1. The highest BCUT2D eigenvalue weighted by Gasteiger charge is 2.22. The van der Waals surface area contributed by atoms with Crippen molar-refractivity contribution in [1.29, 1.82) is 0 Å². The SMILES string of the molecule is CCN1CCC[C@H]1CN=Cc1c(O)n(-c2c(C)cccc2C)c(=O)c2ccccc12. The largest absolute Gasteiger partial charge is 0.494 e. The highest BCUT2D eigenvalue weighted by Crippen LogP contribution is 2.28. The van der Waals surface area contributed by atoms with Gasteiger partial charge in [0.1, 0.15) is 0 Å². The quantitative estimate of drug-likeness (QED) is 0.649. The molecule has 0 unspecified atom stereocenters. The van der Waals surface area contributed by atoms with Crippen LogP contribution in [0.3, 0.4) is 0 Å². The zero-order chi connectivity index (χ0) is 21.3. The van der Waals surface area contributed by atoms with Gasteiger partial charge in [-0.1, -0.05) is 43.3 Å². The average Bonchev–Trinajstić information content (AvgIpc) is 3.20. The zero-order valence-electron chi connectivity index (χ0n) is 17.9. The van der Waals surface area contributed by atoms with Crippen molar-refractivity contribution in [2.75, 3.05) is 19.6 Å². The van der Waals surface area contributed by atoms with Crippen LogP contribution in [0.2, 0.25) is 0 Å². The Morgan fingerprint density at radius 3 is 2.50 bits per heavy atom. The smallest absolute Gasteiger partial charge is 0.265 e. The highest BCUT2D eigenvalue weighted by molar-refractivity contribution is 6.01. The van der Waals surface area contributed by atoms with Gasteiger partial charge in [-0.2, -0.15) is 0 Å². The van der Waals surface area contributed by atoms with Gasteiger partial charge in [0.2, 0.25) is 5.88 Å². The molecule has 0 amide bonds. The maximum Gasteiger partial charge on any atom is 0.265 e. The van der Waals surface area contributed by atoms with Gasteiger partial charge in [0.15, 0.2) is 0 Å². The first-order valence-corrected chi connectivity index (χ1v) is 10.7. The monoisotopic (exact) mass is 403 g/mol. The number of aromatic hydroxyl groups is 1. The van der Waals surface area contributed by atoms with E-state index in [0.717, 1.165) is 41.7 Å². The zero-order valence-corrected chi connectivity index (χ0v) is 17.9. The summed E-state index contributed by atoms with van der Waals surface area (Å²) in [6.07, 6.45) is 4.10. The summed E-state index contributed by atoms with van der Waals surface area (Å²) in [6, 6.07) is 13.7. The Bertz CT molecular complexity index is 1140. The Hall–Kier alpha value is -2.92. The molecule has 0 aliphatic carbocycles. The molecule has 30 heavy (non-hydrogen) atoms. The van der Waals surface area contributed by atoms with Crippen LogP contribution in [0.25, 0.3) is 16.5 Å². The predicted octanol–water partition coefficient (Wildman–Crippen LogP) is 4.22. The first kappa shape index (κ1) is 20.4.